The average Bonchev–Trinajstić information content (AvgIpc) is 2.52. The van der Waals surface area contributed by atoms with Gasteiger partial charge in [0.1, 0.15) is 18.9 Å². The van der Waals surface area contributed by atoms with Crippen molar-refractivity contribution in [1.82, 2.24) is 9.55 Å². The Morgan fingerprint density at radius 1 is 1.83 bits per heavy atom. The number of imidazole rings is 1. The first-order valence-corrected chi connectivity index (χ1v) is 3.66. The second-order valence-electron chi connectivity index (χ2n) is 2.58. The number of nitrogens with zero attached hydrogens (tertiary/aromatic N) is 2. The Bertz CT molecular complexity index is 318. The second kappa shape index (κ2) is 2.51. The quantitative estimate of drug-likeness (QED) is 0.669. The predicted molar refractivity (Wildman–Crippen MR) is 39.1 cm³/mol. The summed E-state index contributed by atoms with van der Waals surface area (Å²) in [6.07, 6.45) is 1.52. The number of carboxylic acid groups (broad SMARTS) is 1. The van der Waals surface area contributed by atoms with E-state index in [-0.39, 0.29) is 6.42 Å². The fourth-order valence-electron chi connectivity index (χ4n) is 1.27. The van der Waals surface area contributed by atoms with E-state index >= 15 is 0 Å². The van der Waals surface area contributed by atoms with Crippen molar-refractivity contribution in [3.63, 3.8) is 0 Å². The highest BCUT2D eigenvalue weighted by Gasteiger charge is 2.17. The van der Waals surface area contributed by atoms with Crippen LogP contribution in [0.15, 0.2) is 6.20 Å². The first-order valence-electron chi connectivity index (χ1n) is 3.66. The SMILES string of the molecule is O=C(O)Cc1ncc2n1CCO2. The van der Waals surface area contributed by atoms with Crippen LogP contribution in [0.1, 0.15) is 5.82 Å². The van der Waals surface area contributed by atoms with E-state index in [1.165, 1.54) is 0 Å². The van der Waals surface area contributed by atoms with Crippen molar-refractivity contribution in [2.75, 3.05) is 6.61 Å². The van der Waals surface area contributed by atoms with E-state index in [4.69, 9.17) is 9.84 Å². The fraction of sp³-hybridized carbons (Fsp3) is 0.429. The monoisotopic (exact) mass is 168 g/mol. The number of ether oxygens (including phenoxy) is 1. The Balaban J connectivity index is 2.27. The van der Waals surface area contributed by atoms with Crippen LogP contribution < -0.4 is 4.74 Å². The lowest BCUT2D eigenvalue weighted by molar-refractivity contribution is -0.136. The maximum atomic E-state index is 10.4. The molecule has 0 fully saturated rings. The molecule has 1 N–H and O–H groups in total. The summed E-state index contributed by atoms with van der Waals surface area (Å²) < 4.78 is 6.95. The summed E-state index contributed by atoms with van der Waals surface area (Å²) in [4.78, 5) is 14.3. The molecule has 2 heterocycles. The van der Waals surface area contributed by atoms with E-state index in [0.717, 1.165) is 0 Å². The minimum atomic E-state index is -0.865. The van der Waals surface area contributed by atoms with Gasteiger partial charge in [-0.15, -0.1) is 0 Å². The topological polar surface area (TPSA) is 64.3 Å². The standard InChI is InChI=1S/C7H8N2O3/c10-7(11)3-5-8-4-6-9(5)1-2-12-6/h4H,1-3H2,(H,10,11). The average molecular weight is 168 g/mol. The van der Waals surface area contributed by atoms with Crippen LogP contribution in [-0.4, -0.2) is 27.2 Å². The Hall–Kier alpha value is -1.52. The molecule has 2 rings (SSSR count). The summed E-state index contributed by atoms with van der Waals surface area (Å²) in [5.41, 5.74) is 0. The van der Waals surface area contributed by atoms with Crippen LogP contribution in [0.25, 0.3) is 0 Å². The normalized spacial score (nSPS) is 14.0. The fourth-order valence-corrected chi connectivity index (χ4v) is 1.27. The van der Waals surface area contributed by atoms with Crippen LogP contribution in [0.2, 0.25) is 0 Å². The lowest BCUT2D eigenvalue weighted by Gasteiger charge is -1.97. The number of aliphatic carboxylic acids is 1. The summed E-state index contributed by atoms with van der Waals surface area (Å²) in [5, 5.41) is 8.52. The van der Waals surface area contributed by atoms with E-state index in [1.807, 2.05) is 0 Å². The van der Waals surface area contributed by atoms with Gasteiger partial charge in [0.15, 0.2) is 0 Å². The van der Waals surface area contributed by atoms with Crippen LogP contribution in [0.4, 0.5) is 0 Å². The van der Waals surface area contributed by atoms with Crippen LogP contribution in [-0.2, 0) is 17.8 Å². The molecule has 1 aromatic heterocycles. The highest BCUT2D eigenvalue weighted by molar-refractivity contribution is 5.69. The predicted octanol–water partition coefficient (Wildman–Crippen LogP) is -0.0974. The highest BCUT2D eigenvalue weighted by atomic mass is 16.5. The number of carboxylic acids is 1. The van der Waals surface area contributed by atoms with Crippen molar-refractivity contribution in [2.24, 2.45) is 0 Å². The molecule has 0 saturated heterocycles. The maximum Gasteiger partial charge on any atom is 0.311 e. The van der Waals surface area contributed by atoms with Crippen molar-refractivity contribution in [1.29, 1.82) is 0 Å². The number of carbonyl (C=O) groups is 1. The van der Waals surface area contributed by atoms with Gasteiger partial charge < -0.3 is 9.84 Å². The van der Waals surface area contributed by atoms with Crippen molar-refractivity contribution in [3.8, 4) is 5.88 Å². The molecule has 64 valence electrons. The Labute approximate surface area is 68.6 Å². The first-order chi connectivity index (χ1) is 5.77. The van der Waals surface area contributed by atoms with Crippen molar-refractivity contribution < 1.29 is 14.6 Å². The Morgan fingerprint density at radius 2 is 2.67 bits per heavy atom. The summed E-state index contributed by atoms with van der Waals surface area (Å²) in [7, 11) is 0. The van der Waals surface area contributed by atoms with Gasteiger partial charge >= 0.3 is 5.97 Å². The van der Waals surface area contributed by atoms with E-state index in [9.17, 15) is 4.79 Å². The van der Waals surface area contributed by atoms with Gasteiger partial charge in [-0.1, -0.05) is 0 Å². The van der Waals surface area contributed by atoms with E-state index in [1.54, 1.807) is 10.8 Å². The van der Waals surface area contributed by atoms with Crippen LogP contribution >= 0.6 is 0 Å². The summed E-state index contributed by atoms with van der Waals surface area (Å²) in [6.45, 7) is 1.32. The zero-order valence-corrected chi connectivity index (χ0v) is 6.36. The Morgan fingerprint density at radius 3 is 3.42 bits per heavy atom. The zero-order valence-electron chi connectivity index (χ0n) is 6.36. The first kappa shape index (κ1) is 7.15. The lowest BCUT2D eigenvalue weighted by Crippen LogP contribution is -2.07. The summed E-state index contributed by atoms with van der Waals surface area (Å²) in [5.74, 6) is 0.372. The summed E-state index contributed by atoms with van der Waals surface area (Å²) >= 11 is 0. The molecular weight excluding hydrogens is 160 g/mol. The third-order valence-electron chi connectivity index (χ3n) is 1.78. The number of hydrogen-bond donors (Lipinski definition) is 1. The molecule has 0 saturated carbocycles. The van der Waals surface area contributed by atoms with Gasteiger partial charge in [0.2, 0.25) is 5.88 Å². The van der Waals surface area contributed by atoms with E-state index in [2.05, 4.69) is 4.98 Å². The Kier molecular flexibility index (Phi) is 1.49. The molecule has 0 spiro atoms. The van der Waals surface area contributed by atoms with Gasteiger partial charge in [-0.25, -0.2) is 4.98 Å². The minimum Gasteiger partial charge on any atom is -0.481 e. The molecular formula is C7H8N2O3. The molecule has 0 aliphatic carbocycles. The van der Waals surface area contributed by atoms with Crippen molar-refractivity contribution in [2.45, 2.75) is 13.0 Å². The molecule has 1 aliphatic heterocycles. The van der Waals surface area contributed by atoms with Gasteiger partial charge in [-0.3, -0.25) is 9.36 Å². The smallest absolute Gasteiger partial charge is 0.311 e. The molecule has 0 unspecified atom stereocenters. The van der Waals surface area contributed by atoms with Gasteiger partial charge in [-0.2, -0.15) is 0 Å². The largest absolute Gasteiger partial charge is 0.481 e. The molecule has 5 nitrogen and oxygen atoms in total. The molecule has 0 amide bonds. The molecule has 0 atom stereocenters. The van der Waals surface area contributed by atoms with Crippen LogP contribution in [0.3, 0.4) is 0 Å². The van der Waals surface area contributed by atoms with Gasteiger partial charge in [0.25, 0.3) is 0 Å². The molecule has 1 aliphatic rings. The summed E-state index contributed by atoms with van der Waals surface area (Å²) in [6, 6.07) is 0. The zero-order chi connectivity index (χ0) is 8.55. The molecule has 1 aromatic rings. The molecule has 12 heavy (non-hydrogen) atoms. The maximum absolute atomic E-state index is 10.4. The highest BCUT2D eigenvalue weighted by Crippen LogP contribution is 2.19. The second-order valence-corrected chi connectivity index (χ2v) is 2.58. The van der Waals surface area contributed by atoms with Gasteiger partial charge in [0.05, 0.1) is 12.7 Å². The molecule has 5 heteroatoms. The lowest BCUT2D eigenvalue weighted by atomic mass is 10.4. The number of rotatable bonds is 2. The van der Waals surface area contributed by atoms with Crippen molar-refractivity contribution in [3.05, 3.63) is 12.0 Å². The number of fused-ring (bicyclic) bond motifs is 1. The van der Waals surface area contributed by atoms with Crippen LogP contribution in [0, 0.1) is 0 Å². The third-order valence-corrected chi connectivity index (χ3v) is 1.78. The number of aromatic nitrogens is 2. The van der Waals surface area contributed by atoms with E-state index in [0.29, 0.717) is 24.9 Å². The molecule has 0 radical (unpaired) electrons. The van der Waals surface area contributed by atoms with Crippen molar-refractivity contribution >= 4 is 5.97 Å². The minimum absolute atomic E-state index is 0.0383. The molecule has 0 aromatic carbocycles. The van der Waals surface area contributed by atoms with E-state index < -0.39 is 5.97 Å². The third kappa shape index (κ3) is 1.03. The molecule has 0 bridgehead atoms. The van der Waals surface area contributed by atoms with Gasteiger partial charge in [0, 0.05) is 0 Å². The number of hydrogen-bond acceptors (Lipinski definition) is 3. The van der Waals surface area contributed by atoms with Crippen LogP contribution in [0.5, 0.6) is 5.88 Å². The van der Waals surface area contributed by atoms with Gasteiger partial charge in [-0.05, 0) is 0 Å².